The van der Waals surface area contributed by atoms with Crippen molar-refractivity contribution in [2.45, 2.75) is 57.5 Å². The van der Waals surface area contributed by atoms with Gasteiger partial charge in [0, 0.05) is 24.2 Å². The Hall–Kier alpha value is -2.42. The SMILES string of the molecule is CC1(C)CC2CC(C)(CN2S(=O)(=O)c2cccc(C(=O)OCC(=O)NCc3ccc(Cl)cc3)c2)C1. The summed E-state index contributed by atoms with van der Waals surface area (Å²) < 4.78 is 33.8. The van der Waals surface area contributed by atoms with Gasteiger partial charge in [0.1, 0.15) is 0 Å². The molecule has 0 aromatic heterocycles. The van der Waals surface area contributed by atoms with Crippen LogP contribution >= 0.6 is 11.6 Å². The van der Waals surface area contributed by atoms with E-state index in [2.05, 4.69) is 26.1 Å². The van der Waals surface area contributed by atoms with E-state index >= 15 is 0 Å². The minimum absolute atomic E-state index is 0.0462. The molecule has 0 spiro atoms. The van der Waals surface area contributed by atoms with Gasteiger partial charge in [-0.3, -0.25) is 4.79 Å². The first-order valence-electron chi connectivity index (χ1n) is 11.7. The van der Waals surface area contributed by atoms with Crippen molar-refractivity contribution in [3.63, 3.8) is 0 Å². The number of fused-ring (bicyclic) bond motifs is 2. The zero-order chi connectivity index (χ0) is 25.4. The van der Waals surface area contributed by atoms with E-state index in [1.54, 1.807) is 28.6 Å². The summed E-state index contributed by atoms with van der Waals surface area (Å²) in [4.78, 5) is 24.7. The van der Waals surface area contributed by atoms with Crippen molar-refractivity contribution in [1.29, 1.82) is 0 Å². The van der Waals surface area contributed by atoms with Crippen LogP contribution in [0.2, 0.25) is 5.02 Å². The van der Waals surface area contributed by atoms with Gasteiger partial charge in [-0.05, 0) is 66.0 Å². The summed E-state index contributed by atoms with van der Waals surface area (Å²) in [6, 6.07) is 12.8. The Bertz CT molecular complexity index is 1230. The Kier molecular flexibility index (Phi) is 7.01. The number of carbonyl (C=O) groups is 2. The fourth-order valence-corrected chi connectivity index (χ4v) is 7.62. The maximum atomic E-state index is 13.5. The number of rotatable bonds is 7. The molecule has 1 aliphatic carbocycles. The standard InChI is InChI=1S/C26H31ClN2O5S/c1-25(2)12-21-13-26(3,16-25)17-29(21)35(32,33)22-6-4-5-19(11-22)24(31)34-15-23(30)28-14-18-7-9-20(27)10-8-18/h4-11,21H,12-17H2,1-3H3,(H,28,30). The highest BCUT2D eigenvalue weighted by Gasteiger charge is 2.53. The molecule has 2 atom stereocenters. The number of ether oxygens (including phenoxy) is 1. The van der Waals surface area contributed by atoms with E-state index in [9.17, 15) is 18.0 Å². The largest absolute Gasteiger partial charge is 0.452 e. The summed E-state index contributed by atoms with van der Waals surface area (Å²) in [5, 5.41) is 3.27. The van der Waals surface area contributed by atoms with Gasteiger partial charge in [-0.25, -0.2) is 13.2 Å². The maximum Gasteiger partial charge on any atom is 0.338 e. The smallest absolute Gasteiger partial charge is 0.338 e. The molecule has 1 heterocycles. The van der Waals surface area contributed by atoms with Crippen LogP contribution in [0.25, 0.3) is 0 Å². The van der Waals surface area contributed by atoms with E-state index in [-0.39, 0.29) is 33.9 Å². The average Bonchev–Trinajstić information content (AvgIpc) is 3.06. The lowest BCUT2D eigenvalue weighted by Gasteiger charge is -2.39. The molecule has 35 heavy (non-hydrogen) atoms. The normalized spacial score (nSPS) is 23.6. The first-order chi connectivity index (χ1) is 16.4. The molecule has 1 N–H and O–H groups in total. The molecular weight excluding hydrogens is 488 g/mol. The molecule has 1 aliphatic heterocycles. The molecule has 2 aliphatic rings. The zero-order valence-corrected chi connectivity index (χ0v) is 21.8. The van der Waals surface area contributed by atoms with Crippen LogP contribution in [-0.2, 0) is 26.1 Å². The highest BCUT2D eigenvalue weighted by molar-refractivity contribution is 7.89. The van der Waals surface area contributed by atoms with Crippen molar-refractivity contribution < 1.29 is 22.7 Å². The third kappa shape index (κ3) is 5.88. The number of amides is 1. The number of sulfonamides is 1. The molecule has 2 aromatic carbocycles. The summed E-state index contributed by atoms with van der Waals surface area (Å²) >= 11 is 5.85. The highest BCUT2D eigenvalue weighted by atomic mass is 35.5. The number of hydrogen-bond acceptors (Lipinski definition) is 5. The van der Waals surface area contributed by atoms with E-state index in [4.69, 9.17) is 16.3 Å². The summed E-state index contributed by atoms with van der Waals surface area (Å²) in [5.41, 5.74) is 0.984. The molecule has 7 nitrogen and oxygen atoms in total. The zero-order valence-electron chi connectivity index (χ0n) is 20.2. The second-order valence-electron chi connectivity index (χ2n) is 10.8. The van der Waals surface area contributed by atoms with Gasteiger partial charge in [0.2, 0.25) is 10.0 Å². The number of nitrogens with one attached hydrogen (secondary N) is 1. The predicted molar refractivity (Wildman–Crippen MR) is 133 cm³/mol. The van der Waals surface area contributed by atoms with Gasteiger partial charge in [-0.2, -0.15) is 4.31 Å². The number of hydrogen-bond donors (Lipinski definition) is 1. The van der Waals surface area contributed by atoms with Crippen molar-refractivity contribution in [2.24, 2.45) is 10.8 Å². The highest BCUT2D eigenvalue weighted by Crippen LogP contribution is 2.53. The lowest BCUT2D eigenvalue weighted by Crippen LogP contribution is -2.37. The molecule has 1 saturated carbocycles. The van der Waals surface area contributed by atoms with Gasteiger partial charge < -0.3 is 10.1 Å². The van der Waals surface area contributed by atoms with Gasteiger partial charge in [-0.15, -0.1) is 0 Å². The Balaban J connectivity index is 1.39. The molecule has 9 heteroatoms. The van der Waals surface area contributed by atoms with Gasteiger partial charge in [-0.1, -0.05) is 50.6 Å². The van der Waals surface area contributed by atoms with E-state index in [1.807, 2.05) is 0 Å². The number of benzene rings is 2. The average molecular weight is 519 g/mol. The second kappa shape index (κ2) is 9.56. The molecule has 2 fully saturated rings. The van der Waals surface area contributed by atoms with Crippen molar-refractivity contribution >= 4 is 33.5 Å². The van der Waals surface area contributed by atoms with Gasteiger partial charge in [0.15, 0.2) is 6.61 Å². The van der Waals surface area contributed by atoms with Crippen LogP contribution in [0.1, 0.15) is 56.0 Å². The quantitative estimate of drug-likeness (QED) is 0.548. The lowest BCUT2D eigenvalue weighted by molar-refractivity contribution is -0.124. The van der Waals surface area contributed by atoms with Crippen LogP contribution in [0, 0.1) is 10.8 Å². The van der Waals surface area contributed by atoms with Crippen molar-refractivity contribution in [2.75, 3.05) is 13.2 Å². The Morgan fingerprint density at radius 1 is 1.11 bits per heavy atom. The summed E-state index contributed by atoms with van der Waals surface area (Å²) in [7, 11) is -3.77. The molecule has 2 unspecified atom stereocenters. The van der Waals surface area contributed by atoms with Crippen LogP contribution in [-0.4, -0.2) is 43.8 Å². The lowest BCUT2D eigenvalue weighted by atomic mass is 9.65. The maximum absolute atomic E-state index is 13.5. The van der Waals surface area contributed by atoms with E-state index in [0.717, 1.165) is 24.8 Å². The summed E-state index contributed by atoms with van der Waals surface area (Å²) in [6.45, 7) is 6.82. The fraction of sp³-hybridized carbons (Fsp3) is 0.462. The molecule has 2 bridgehead atoms. The van der Waals surface area contributed by atoms with E-state index < -0.39 is 28.5 Å². The van der Waals surface area contributed by atoms with Crippen LogP contribution in [0.15, 0.2) is 53.4 Å². The van der Waals surface area contributed by atoms with Crippen molar-refractivity contribution in [3.05, 3.63) is 64.7 Å². The Morgan fingerprint density at radius 2 is 1.83 bits per heavy atom. The Labute approximate surface area is 211 Å². The molecule has 4 rings (SSSR count). The monoisotopic (exact) mass is 518 g/mol. The van der Waals surface area contributed by atoms with Crippen LogP contribution in [0.4, 0.5) is 0 Å². The third-order valence-electron chi connectivity index (χ3n) is 6.78. The number of carbonyl (C=O) groups excluding carboxylic acids is 2. The Morgan fingerprint density at radius 3 is 2.54 bits per heavy atom. The molecular formula is C26H31ClN2O5S. The number of halogens is 1. The molecule has 1 amide bonds. The molecule has 0 radical (unpaired) electrons. The van der Waals surface area contributed by atoms with Crippen LogP contribution in [0.3, 0.4) is 0 Å². The van der Waals surface area contributed by atoms with E-state index in [1.165, 1.54) is 24.3 Å². The first-order valence-corrected chi connectivity index (χ1v) is 13.5. The molecule has 2 aromatic rings. The summed E-state index contributed by atoms with van der Waals surface area (Å²) in [6.07, 6.45) is 2.65. The van der Waals surface area contributed by atoms with E-state index in [0.29, 0.717) is 11.6 Å². The van der Waals surface area contributed by atoms with Crippen molar-refractivity contribution in [3.8, 4) is 0 Å². The van der Waals surface area contributed by atoms with Crippen LogP contribution in [0.5, 0.6) is 0 Å². The fourth-order valence-electron chi connectivity index (χ4n) is 5.68. The minimum Gasteiger partial charge on any atom is -0.452 e. The molecule has 188 valence electrons. The number of esters is 1. The topological polar surface area (TPSA) is 92.8 Å². The molecule has 1 saturated heterocycles. The van der Waals surface area contributed by atoms with Crippen molar-refractivity contribution in [1.82, 2.24) is 9.62 Å². The number of nitrogens with zero attached hydrogens (tertiary/aromatic N) is 1. The first kappa shape index (κ1) is 25.7. The minimum atomic E-state index is -3.77. The van der Waals surface area contributed by atoms with Gasteiger partial charge in [0.05, 0.1) is 10.5 Å². The third-order valence-corrected chi connectivity index (χ3v) is 8.93. The summed E-state index contributed by atoms with van der Waals surface area (Å²) in [5.74, 6) is -1.21. The predicted octanol–water partition coefficient (Wildman–Crippen LogP) is 4.40. The van der Waals surface area contributed by atoms with Gasteiger partial charge >= 0.3 is 5.97 Å². The van der Waals surface area contributed by atoms with Crippen LogP contribution < -0.4 is 5.32 Å². The second-order valence-corrected chi connectivity index (χ2v) is 13.1. The van der Waals surface area contributed by atoms with Gasteiger partial charge in [0.25, 0.3) is 5.91 Å².